The van der Waals surface area contributed by atoms with E-state index < -0.39 is 0 Å². The van der Waals surface area contributed by atoms with Gasteiger partial charge in [-0.3, -0.25) is 9.59 Å². The van der Waals surface area contributed by atoms with Gasteiger partial charge in [-0.25, -0.2) is 4.98 Å². The number of anilines is 1. The Hall–Kier alpha value is -2.19. The molecule has 1 atom stereocenters. The van der Waals surface area contributed by atoms with Crippen LogP contribution in [0.15, 0.2) is 21.9 Å². The lowest BCUT2D eigenvalue weighted by Crippen LogP contribution is -2.18. The van der Waals surface area contributed by atoms with Crippen LogP contribution in [0.25, 0.3) is 11.5 Å². The van der Waals surface area contributed by atoms with Crippen LogP contribution in [0, 0.1) is 0 Å². The molecule has 1 unspecified atom stereocenters. The summed E-state index contributed by atoms with van der Waals surface area (Å²) in [6.45, 7) is 2.60. The van der Waals surface area contributed by atoms with Crippen molar-refractivity contribution in [2.75, 3.05) is 11.9 Å². The number of amides is 2. The number of thiazole rings is 1. The van der Waals surface area contributed by atoms with E-state index in [2.05, 4.69) is 15.6 Å². The Kier molecular flexibility index (Phi) is 5.83. The molecule has 0 bridgehead atoms. The number of aromatic nitrogens is 1. The monoisotopic (exact) mass is 363 g/mol. The zero-order valence-corrected chi connectivity index (χ0v) is 14.9. The largest absolute Gasteiger partial charge is 0.458 e. The van der Waals surface area contributed by atoms with E-state index in [4.69, 9.17) is 9.15 Å². The van der Waals surface area contributed by atoms with Crippen LogP contribution in [0.4, 0.5) is 5.13 Å². The summed E-state index contributed by atoms with van der Waals surface area (Å²) in [4.78, 5) is 27.3. The molecule has 0 spiro atoms. The van der Waals surface area contributed by atoms with Crippen molar-refractivity contribution in [3.05, 3.63) is 23.3 Å². The number of nitrogens with zero attached hydrogens (tertiary/aromatic N) is 1. The van der Waals surface area contributed by atoms with Gasteiger partial charge < -0.3 is 19.8 Å². The van der Waals surface area contributed by atoms with Gasteiger partial charge in [-0.15, -0.1) is 11.3 Å². The third-order valence-corrected chi connectivity index (χ3v) is 4.65. The molecule has 25 heavy (non-hydrogen) atoms. The van der Waals surface area contributed by atoms with Crippen LogP contribution in [-0.2, 0) is 20.9 Å². The summed E-state index contributed by atoms with van der Waals surface area (Å²) < 4.78 is 11.2. The van der Waals surface area contributed by atoms with E-state index in [0.717, 1.165) is 25.9 Å². The minimum atomic E-state index is -0.111. The maximum atomic E-state index is 12.0. The van der Waals surface area contributed by atoms with Gasteiger partial charge >= 0.3 is 0 Å². The van der Waals surface area contributed by atoms with Crippen molar-refractivity contribution in [1.29, 1.82) is 0 Å². The highest BCUT2D eigenvalue weighted by Gasteiger charge is 2.17. The number of hydrogen-bond donors (Lipinski definition) is 2. The number of ether oxygens (including phenoxy) is 1. The lowest BCUT2D eigenvalue weighted by molar-refractivity contribution is -0.119. The van der Waals surface area contributed by atoms with Crippen molar-refractivity contribution in [2.45, 2.75) is 45.3 Å². The molecule has 2 aromatic rings. The Morgan fingerprint density at radius 3 is 3.04 bits per heavy atom. The number of carbonyl (C=O) groups is 2. The van der Waals surface area contributed by atoms with Crippen LogP contribution in [0.1, 0.15) is 38.4 Å². The molecule has 0 aromatic carbocycles. The Morgan fingerprint density at radius 2 is 2.28 bits per heavy atom. The summed E-state index contributed by atoms with van der Waals surface area (Å²) in [5, 5.41) is 7.87. The predicted molar refractivity (Wildman–Crippen MR) is 94.2 cm³/mol. The second kappa shape index (κ2) is 8.26. The molecular weight excluding hydrogens is 342 g/mol. The minimum Gasteiger partial charge on any atom is -0.458 e. The topological polar surface area (TPSA) is 93.5 Å². The van der Waals surface area contributed by atoms with Crippen LogP contribution in [0.5, 0.6) is 0 Å². The molecule has 3 rings (SSSR count). The number of hydrogen-bond acceptors (Lipinski definition) is 6. The van der Waals surface area contributed by atoms with Crippen molar-refractivity contribution in [3.8, 4) is 11.5 Å². The van der Waals surface area contributed by atoms with Gasteiger partial charge in [0, 0.05) is 25.3 Å². The first-order chi connectivity index (χ1) is 12.1. The summed E-state index contributed by atoms with van der Waals surface area (Å²) in [6, 6.07) is 3.60. The molecule has 0 aliphatic carbocycles. The maximum Gasteiger partial charge on any atom is 0.226 e. The molecule has 8 heteroatoms. The quantitative estimate of drug-likeness (QED) is 0.789. The second-order valence-corrected chi connectivity index (χ2v) is 6.79. The molecule has 7 nitrogen and oxygen atoms in total. The highest BCUT2D eigenvalue weighted by molar-refractivity contribution is 7.14. The van der Waals surface area contributed by atoms with Crippen molar-refractivity contribution >= 4 is 28.3 Å². The van der Waals surface area contributed by atoms with E-state index in [1.165, 1.54) is 18.3 Å². The smallest absolute Gasteiger partial charge is 0.226 e. The number of furan rings is 1. The fraction of sp³-hybridized carbons (Fsp3) is 0.471. The molecule has 0 saturated carbocycles. The summed E-state index contributed by atoms with van der Waals surface area (Å²) in [6.07, 6.45) is 3.50. The van der Waals surface area contributed by atoms with Gasteiger partial charge in [-0.05, 0) is 31.4 Å². The molecule has 2 amide bonds. The Balaban J connectivity index is 1.51. The number of carbonyl (C=O) groups excluding carboxylic acids is 2. The minimum absolute atomic E-state index is 0.0535. The van der Waals surface area contributed by atoms with Gasteiger partial charge in [-0.1, -0.05) is 0 Å². The maximum absolute atomic E-state index is 12.0. The fourth-order valence-corrected chi connectivity index (χ4v) is 3.33. The third kappa shape index (κ3) is 5.14. The highest BCUT2D eigenvalue weighted by atomic mass is 32.1. The molecule has 3 heterocycles. The first kappa shape index (κ1) is 17.6. The lowest BCUT2D eigenvalue weighted by atomic mass is 10.1. The van der Waals surface area contributed by atoms with Gasteiger partial charge in [0.25, 0.3) is 0 Å². The predicted octanol–water partition coefficient (Wildman–Crippen LogP) is 2.94. The van der Waals surface area contributed by atoms with E-state index in [1.807, 2.05) is 5.38 Å². The molecule has 1 aliphatic heterocycles. The highest BCUT2D eigenvalue weighted by Crippen LogP contribution is 2.27. The molecular formula is C17H21N3O4S. The molecule has 1 aliphatic rings. The molecule has 0 radical (unpaired) electrons. The van der Waals surface area contributed by atoms with E-state index in [9.17, 15) is 9.59 Å². The van der Waals surface area contributed by atoms with Gasteiger partial charge in [0.1, 0.15) is 11.5 Å². The molecule has 134 valence electrons. The third-order valence-electron chi connectivity index (χ3n) is 3.89. The Morgan fingerprint density at radius 1 is 1.40 bits per heavy atom. The number of rotatable bonds is 7. The summed E-state index contributed by atoms with van der Waals surface area (Å²) >= 11 is 1.35. The molecule has 1 fully saturated rings. The van der Waals surface area contributed by atoms with Crippen LogP contribution in [0.3, 0.4) is 0 Å². The van der Waals surface area contributed by atoms with E-state index >= 15 is 0 Å². The van der Waals surface area contributed by atoms with Crippen molar-refractivity contribution in [2.24, 2.45) is 0 Å². The van der Waals surface area contributed by atoms with Crippen molar-refractivity contribution in [1.82, 2.24) is 10.3 Å². The van der Waals surface area contributed by atoms with E-state index in [0.29, 0.717) is 35.3 Å². The normalized spacial score (nSPS) is 16.8. The average molecular weight is 363 g/mol. The van der Waals surface area contributed by atoms with E-state index in [1.54, 1.807) is 12.1 Å². The molecule has 2 N–H and O–H groups in total. The van der Waals surface area contributed by atoms with Gasteiger partial charge in [-0.2, -0.15) is 0 Å². The summed E-state index contributed by atoms with van der Waals surface area (Å²) in [5.74, 6) is 1.10. The van der Waals surface area contributed by atoms with Gasteiger partial charge in [0.05, 0.1) is 12.6 Å². The first-order valence-electron chi connectivity index (χ1n) is 8.30. The van der Waals surface area contributed by atoms with Gasteiger partial charge in [0.2, 0.25) is 11.8 Å². The van der Waals surface area contributed by atoms with Crippen molar-refractivity contribution < 1.29 is 18.7 Å². The Labute approximate surface area is 149 Å². The van der Waals surface area contributed by atoms with Crippen molar-refractivity contribution in [3.63, 3.8) is 0 Å². The van der Waals surface area contributed by atoms with Gasteiger partial charge in [0.15, 0.2) is 10.9 Å². The SMILES string of the molecule is CC(=O)NCc1ccc(-c2csc(NC(=O)CCC3CCCO3)n2)o1. The number of nitrogens with one attached hydrogen (secondary N) is 2. The molecule has 1 saturated heterocycles. The lowest BCUT2D eigenvalue weighted by Gasteiger charge is -2.07. The molecule has 2 aromatic heterocycles. The average Bonchev–Trinajstić information content (AvgIpc) is 3.32. The van der Waals surface area contributed by atoms with E-state index in [-0.39, 0.29) is 17.9 Å². The Bertz CT molecular complexity index is 734. The van der Waals surface area contributed by atoms with Crippen LogP contribution in [0.2, 0.25) is 0 Å². The summed E-state index contributed by atoms with van der Waals surface area (Å²) in [7, 11) is 0. The first-order valence-corrected chi connectivity index (χ1v) is 9.18. The van der Waals surface area contributed by atoms with Crippen LogP contribution >= 0.6 is 11.3 Å². The second-order valence-electron chi connectivity index (χ2n) is 5.94. The van der Waals surface area contributed by atoms with Crippen LogP contribution < -0.4 is 10.6 Å². The summed E-state index contributed by atoms with van der Waals surface area (Å²) in [5.41, 5.74) is 0.661. The zero-order valence-electron chi connectivity index (χ0n) is 14.0. The van der Waals surface area contributed by atoms with Crippen LogP contribution in [-0.4, -0.2) is 29.5 Å². The zero-order chi connectivity index (χ0) is 17.6. The standard InChI is InChI=1S/C17H21N3O4S/c1-11(21)18-9-13-4-6-15(24-13)14-10-25-17(19-14)20-16(22)7-5-12-3-2-8-23-12/h4,6,10,12H,2-3,5,7-9H2,1H3,(H,18,21)(H,19,20,22). The fourth-order valence-electron chi connectivity index (χ4n) is 2.61.